The highest BCUT2D eigenvalue weighted by atomic mass is 16.5. The lowest BCUT2D eigenvalue weighted by Crippen LogP contribution is -2.39. The molecule has 0 unspecified atom stereocenters. The summed E-state index contributed by atoms with van der Waals surface area (Å²) in [6.45, 7) is 7.47. The topological polar surface area (TPSA) is 54.9 Å². The molecule has 0 radical (unpaired) electrons. The summed E-state index contributed by atoms with van der Waals surface area (Å²) in [4.78, 5) is 4.38. The Kier molecular flexibility index (Phi) is 8.22. The van der Waals surface area contributed by atoms with Crippen LogP contribution in [0.2, 0.25) is 0 Å². The number of para-hydroxylation sites is 1. The second-order valence-electron chi connectivity index (χ2n) is 4.29. The molecule has 5 nitrogen and oxygen atoms in total. The average molecular weight is 279 g/mol. The fraction of sp³-hybridized carbons (Fsp3) is 0.533. The number of nitrogens with zero attached hydrogens (tertiary/aromatic N) is 1. The standard InChI is InChI=1S/C15H25N3O2/c1-4-16-15(17-9-11-19-3)18-10-12-20-14-8-6-5-7-13(14)2/h5-8H,4,9-12H2,1-3H3,(H2,16,17,18). The third-order valence-electron chi connectivity index (χ3n) is 2.66. The highest BCUT2D eigenvalue weighted by molar-refractivity contribution is 5.79. The van der Waals surface area contributed by atoms with Crippen molar-refractivity contribution in [2.45, 2.75) is 13.8 Å². The van der Waals surface area contributed by atoms with Crippen molar-refractivity contribution >= 4 is 5.96 Å². The first-order valence-electron chi connectivity index (χ1n) is 6.97. The molecule has 1 rings (SSSR count). The molecule has 0 saturated heterocycles. The van der Waals surface area contributed by atoms with E-state index < -0.39 is 0 Å². The molecule has 2 N–H and O–H groups in total. The molecule has 0 atom stereocenters. The highest BCUT2D eigenvalue weighted by Crippen LogP contribution is 2.15. The van der Waals surface area contributed by atoms with E-state index in [0.29, 0.717) is 26.3 Å². The number of rotatable bonds is 8. The van der Waals surface area contributed by atoms with E-state index in [2.05, 4.69) is 15.6 Å². The molecule has 0 aliphatic carbocycles. The average Bonchev–Trinajstić information content (AvgIpc) is 2.45. The lowest BCUT2D eigenvalue weighted by atomic mass is 10.2. The van der Waals surface area contributed by atoms with Crippen molar-refractivity contribution in [3.05, 3.63) is 29.8 Å². The van der Waals surface area contributed by atoms with Crippen LogP contribution in [0.3, 0.4) is 0 Å². The Labute approximate surface area is 121 Å². The number of benzene rings is 1. The van der Waals surface area contributed by atoms with Crippen LogP contribution in [0.5, 0.6) is 5.75 Å². The fourth-order valence-electron chi connectivity index (χ4n) is 1.64. The van der Waals surface area contributed by atoms with Crippen LogP contribution in [0, 0.1) is 6.92 Å². The Bertz CT molecular complexity index is 408. The lowest BCUT2D eigenvalue weighted by Gasteiger charge is -2.12. The number of guanidine groups is 1. The molecule has 0 amide bonds. The van der Waals surface area contributed by atoms with Crippen LogP contribution < -0.4 is 15.4 Å². The first-order chi connectivity index (χ1) is 9.77. The van der Waals surface area contributed by atoms with Gasteiger partial charge in [0.25, 0.3) is 0 Å². The van der Waals surface area contributed by atoms with E-state index >= 15 is 0 Å². The molecule has 5 heteroatoms. The quantitative estimate of drug-likeness (QED) is 0.431. The fourth-order valence-corrected chi connectivity index (χ4v) is 1.64. The van der Waals surface area contributed by atoms with Gasteiger partial charge < -0.3 is 20.1 Å². The predicted molar refractivity (Wildman–Crippen MR) is 82.5 cm³/mol. The zero-order valence-electron chi connectivity index (χ0n) is 12.6. The normalized spacial score (nSPS) is 11.2. The van der Waals surface area contributed by atoms with Gasteiger partial charge in [-0.3, -0.25) is 4.99 Å². The summed E-state index contributed by atoms with van der Waals surface area (Å²) < 4.78 is 10.7. The van der Waals surface area contributed by atoms with Gasteiger partial charge in [-0.2, -0.15) is 0 Å². The Morgan fingerprint density at radius 1 is 1.20 bits per heavy atom. The molecule has 0 aromatic heterocycles. The van der Waals surface area contributed by atoms with Crippen LogP contribution in [0.4, 0.5) is 0 Å². The third kappa shape index (κ3) is 6.43. The molecule has 0 saturated carbocycles. The van der Waals surface area contributed by atoms with Gasteiger partial charge in [-0.05, 0) is 25.5 Å². The van der Waals surface area contributed by atoms with Crippen LogP contribution in [0.1, 0.15) is 12.5 Å². The van der Waals surface area contributed by atoms with E-state index in [1.807, 2.05) is 38.1 Å². The highest BCUT2D eigenvalue weighted by Gasteiger charge is 1.99. The van der Waals surface area contributed by atoms with E-state index in [0.717, 1.165) is 23.8 Å². The van der Waals surface area contributed by atoms with Crippen molar-refractivity contribution in [3.8, 4) is 5.75 Å². The summed E-state index contributed by atoms with van der Waals surface area (Å²) in [6, 6.07) is 8.00. The number of aryl methyl sites for hydroxylation is 1. The van der Waals surface area contributed by atoms with Crippen LogP contribution in [-0.2, 0) is 4.74 Å². The molecule has 1 aromatic carbocycles. The van der Waals surface area contributed by atoms with Crippen molar-refractivity contribution in [3.63, 3.8) is 0 Å². The summed E-state index contributed by atoms with van der Waals surface area (Å²) in [6.07, 6.45) is 0. The van der Waals surface area contributed by atoms with Crippen LogP contribution in [0.15, 0.2) is 29.3 Å². The molecule has 112 valence electrons. The third-order valence-corrected chi connectivity index (χ3v) is 2.66. The van der Waals surface area contributed by atoms with Crippen LogP contribution >= 0.6 is 0 Å². The van der Waals surface area contributed by atoms with E-state index in [1.54, 1.807) is 7.11 Å². The maximum atomic E-state index is 5.72. The number of hydrogen-bond donors (Lipinski definition) is 2. The number of ether oxygens (including phenoxy) is 2. The van der Waals surface area contributed by atoms with E-state index in [9.17, 15) is 0 Å². The maximum Gasteiger partial charge on any atom is 0.191 e. The first kappa shape index (κ1) is 16.3. The molecule has 0 fully saturated rings. The first-order valence-corrected chi connectivity index (χ1v) is 6.97. The largest absolute Gasteiger partial charge is 0.491 e. The van der Waals surface area contributed by atoms with Gasteiger partial charge in [0.2, 0.25) is 0 Å². The predicted octanol–water partition coefficient (Wildman–Crippen LogP) is 1.58. The van der Waals surface area contributed by atoms with Gasteiger partial charge in [-0.1, -0.05) is 18.2 Å². The summed E-state index contributed by atoms with van der Waals surface area (Å²) in [5, 5.41) is 6.41. The number of methoxy groups -OCH3 is 1. The van der Waals surface area contributed by atoms with Gasteiger partial charge in [0, 0.05) is 13.7 Å². The van der Waals surface area contributed by atoms with Crippen molar-refractivity contribution < 1.29 is 9.47 Å². The monoisotopic (exact) mass is 279 g/mol. The number of aliphatic imine (C=N–C) groups is 1. The Morgan fingerprint density at radius 3 is 2.70 bits per heavy atom. The zero-order chi connectivity index (χ0) is 14.6. The molecule has 1 aromatic rings. The molecular formula is C15H25N3O2. The zero-order valence-corrected chi connectivity index (χ0v) is 12.6. The molecule has 0 aliphatic rings. The molecule has 0 aliphatic heterocycles. The molecule has 0 spiro atoms. The number of hydrogen-bond acceptors (Lipinski definition) is 3. The van der Waals surface area contributed by atoms with Gasteiger partial charge in [0.15, 0.2) is 5.96 Å². The summed E-state index contributed by atoms with van der Waals surface area (Å²) >= 11 is 0. The van der Waals surface area contributed by atoms with Crippen LogP contribution in [-0.4, -0.2) is 45.9 Å². The number of nitrogens with one attached hydrogen (secondary N) is 2. The van der Waals surface area contributed by atoms with Crippen molar-refractivity contribution in [2.75, 3.05) is 40.0 Å². The van der Waals surface area contributed by atoms with E-state index in [4.69, 9.17) is 9.47 Å². The van der Waals surface area contributed by atoms with Gasteiger partial charge >= 0.3 is 0 Å². The van der Waals surface area contributed by atoms with Crippen LogP contribution in [0.25, 0.3) is 0 Å². The molecule has 20 heavy (non-hydrogen) atoms. The van der Waals surface area contributed by atoms with E-state index in [1.165, 1.54) is 0 Å². The summed E-state index contributed by atoms with van der Waals surface area (Å²) in [5.74, 6) is 1.72. The Morgan fingerprint density at radius 2 is 2.00 bits per heavy atom. The second-order valence-corrected chi connectivity index (χ2v) is 4.29. The molecule has 0 bridgehead atoms. The van der Waals surface area contributed by atoms with Crippen molar-refractivity contribution in [2.24, 2.45) is 4.99 Å². The van der Waals surface area contributed by atoms with E-state index in [-0.39, 0.29) is 0 Å². The van der Waals surface area contributed by atoms with Gasteiger partial charge in [0.05, 0.1) is 19.7 Å². The van der Waals surface area contributed by atoms with Gasteiger partial charge in [-0.15, -0.1) is 0 Å². The minimum Gasteiger partial charge on any atom is -0.491 e. The Balaban J connectivity index is 2.30. The second kappa shape index (κ2) is 10.1. The minimum absolute atomic E-state index is 0.597. The molecular weight excluding hydrogens is 254 g/mol. The smallest absolute Gasteiger partial charge is 0.191 e. The maximum absolute atomic E-state index is 5.72. The SMILES string of the molecule is CCNC(=NCCOC)NCCOc1ccccc1C. The summed E-state index contributed by atoms with van der Waals surface area (Å²) in [7, 11) is 1.67. The lowest BCUT2D eigenvalue weighted by molar-refractivity contribution is 0.208. The minimum atomic E-state index is 0.597. The summed E-state index contributed by atoms with van der Waals surface area (Å²) in [5.41, 5.74) is 1.15. The van der Waals surface area contributed by atoms with Crippen molar-refractivity contribution in [1.82, 2.24) is 10.6 Å². The van der Waals surface area contributed by atoms with Crippen molar-refractivity contribution in [1.29, 1.82) is 0 Å². The van der Waals surface area contributed by atoms with Gasteiger partial charge in [0.1, 0.15) is 12.4 Å². The van der Waals surface area contributed by atoms with Gasteiger partial charge in [-0.25, -0.2) is 0 Å². The molecule has 0 heterocycles. The Hall–Kier alpha value is -1.75.